The molecule has 1 aliphatic rings. The summed E-state index contributed by atoms with van der Waals surface area (Å²) in [6.45, 7) is 11.9. The van der Waals surface area contributed by atoms with E-state index in [9.17, 15) is 14.7 Å². The van der Waals surface area contributed by atoms with E-state index in [4.69, 9.17) is 14.6 Å². The first-order chi connectivity index (χ1) is 19.5. The smallest absolute Gasteiger partial charge is 0.407 e. The Labute approximate surface area is 241 Å². The fourth-order valence-corrected chi connectivity index (χ4v) is 4.87. The molecule has 10 nitrogen and oxygen atoms in total. The van der Waals surface area contributed by atoms with Crippen LogP contribution in [0.15, 0.2) is 48.8 Å². The largest absolute Gasteiger partial charge is 0.476 e. The molecule has 10 heteroatoms. The first kappa shape index (κ1) is 30.0. The number of piperidine rings is 1. The van der Waals surface area contributed by atoms with Crippen molar-refractivity contribution >= 4 is 17.7 Å². The summed E-state index contributed by atoms with van der Waals surface area (Å²) in [5.41, 5.74) is 3.84. The number of carboxylic acids is 1. The summed E-state index contributed by atoms with van der Waals surface area (Å²) >= 11 is 0. The van der Waals surface area contributed by atoms with Crippen LogP contribution in [0.1, 0.15) is 75.0 Å². The molecular formula is C31H41N5O5. The third kappa shape index (κ3) is 8.07. The average Bonchev–Trinajstić information content (AvgIpc) is 3.31. The van der Waals surface area contributed by atoms with Crippen molar-refractivity contribution in [2.75, 3.05) is 24.5 Å². The van der Waals surface area contributed by atoms with Crippen LogP contribution in [-0.4, -0.2) is 63.3 Å². The number of nitrogens with zero attached hydrogens (tertiary/aromatic N) is 4. The second-order valence-corrected chi connectivity index (χ2v) is 11.6. The van der Waals surface area contributed by atoms with E-state index in [0.717, 1.165) is 24.0 Å². The molecule has 0 bridgehead atoms. The number of alkyl carbamates (subject to hydrolysis) is 1. The molecule has 2 N–H and O–H groups in total. The Morgan fingerprint density at radius 1 is 1.07 bits per heavy atom. The minimum absolute atomic E-state index is 0.0850. The number of carboxylic acid groups (broad SMARTS) is 1. The van der Waals surface area contributed by atoms with Gasteiger partial charge in [-0.15, -0.1) is 0 Å². The number of benzene rings is 1. The van der Waals surface area contributed by atoms with Gasteiger partial charge in [-0.25, -0.2) is 9.59 Å². The van der Waals surface area contributed by atoms with Gasteiger partial charge in [-0.2, -0.15) is 5.10 Å². The molecule has 220 valence electrons. The van der Waals surface area contributed by atoms with Crippen LogP contribution in [0.2, 0.25) is 0 Å². The van der Waals surface area contributed by atoms with Gasteiger partial charge in [-0.1, -0.05) is 38.1 Å². The highest BCUT2D eigenvalue weighted by molar-refractivity contribution is 5.97. The van der Waals surface area contributed by atoms with Gasteiger partial charge >= 0.3 is 12.1 Å². The molecule has 1 aromatic carbocycles. The maximum Gasteiger partial charge on any atom is 0.407 e. The van der Waals surface area contributed by atoms with Crippen LogP contribution < -0.4 is 10.2 Å². The lowest BCUT2D eigenvalue weighted by molar-refractivity contribution is 0.0251. The highest BCUT2D eigenvalue weighted by atomic mass is 16.6. The van der Waals surface area contributed by atoms with Crippen LogP contribution >= 0.6 is 0 Å². The molecule has 41 heavy (non-hydrogen) atoms. The van der Waals surface area contributed by atoms with E-state index in [0.29, 0.717) is 37.0 Å². The molecule has 1 saturated heterocycles. The van der Waals surface area contributed by atoms with Gasteiger partial charge < -0.3 is 24.8 Å². The molecule has 0 atom stereocenters. The summed E-state index contributed by atoms with van der Waals surface area (Å²) in [4.78, 5) is 30.9. The summed E-state index contributed by atoms with van der Waals surface area (Å²) < 4.78 is 13.0. The van der Waals surface area contributed by atoms with Crippen LogP contribution in [0.5, 0.6) is 0 Å². The predicted octanol–water partition coefficient (Wildman–Crippen LogP) is 5.48. The monoisotopic (exact) mass is 563 g/mol. The van der Waals surface area contributed by atoms with Crippen molar-refractivity contribution in [2.24, 2.45) is 0 Å². The van der Waals surface area contributed by atoms with Crippen LogP contribution in [0.4, 0.5) is 10.5 Å². The number of rotatable bonds is 10. The molecule has 3 aromatic rings. The van der Waals surface area contributed by atoms with E-state index in [-0.39, 0.29) is 24.9 Å². The molecule has 1 fully saturated rings. The fraction of sp³-hybridized carbons (Fsp3) is 0.484. The Hall–Kier alpha value is -3.92. The van der Waals surface area contributed by atoms with Crippen molar-refractivity contribution in [3.8, 4) is 11.3 Å². The number of pyridine rings is 1. The molecule has 4 rings (SSSR count). The normalized spacial score (nSPS) is 14.3. The molecule has 1 aliphatic heterocycles. The number of amides is 1. The standard InChI is InChI=1S/C31H41N5O5/c1-21(2)23-8-6-22(7-9-23)20-40-25-12-17-35(18-13-25)27-26(24-10-14-32-15-11-24)34-36(28(27)29(37)38)19-16-33-30(39)41-31(3,4)5/h6-11,14-15,21,25H,12-13,16-20H2,1-5H3,(H,33,39)(H,37,38). The van der Waals surface area contributed by atoms with E-state index in [1.54, 1.807) is 33.2 Å². The fourth-order valence-electron chi connectivity index (χ4n) is 4.87. The Bertz CT molecular complexity index is 1310. The molecule has 2 aromatic heterocycles. The van der Waals surface area contributed by atoms with Gasteiger partial charge in [-0.3, -0.25) is 9.67 Å². The quantitative estimate of drug-likeness (QED) is 0.333. The first-order valence-corrected chi connectivity index (χ1v) is 14.2. The lowest BCUT2D eigenvalue weighted by Crippen LogP contribution is -2.38. The Morgan fingerprint density at radius 2 is 1.73 bits per heavy atom. The van der Waals surface area contributed by atoms with Gasteiger partial charge in [0.25, 0.3) is 0 Å². The lowest BCUT2D eigenvalue weighted by Gasteiger charge is -2.33. The molecule has 0 unspecified atom stereocenters. The Kier molecular flexibility index (Phi) is 9.65. The molecule has 3 heterocycles. The second kappa shape index (κ2) is 13.2. The summed E-state index contributed by atoms with van der Waals surface area (Å²) in [5, 5.41) is 17.7. The molecular weight excluding hydrogens is 522 g/mol. The number of aromatic carboxylic acids is 1. The minimum atomic E-state index is -1.08. The van der Waals surface area contributed by atoms with Crippen LogP contribution in [-0.2, 0) is 22.6 Å². The maximum atomic E-state index is 12.6. The van der Waals surface area contributed by atoms with Crippen molar-refractivity contribution in [1.82, 2.24) is 20.1 Å². The SMILES string of the molecule is CC(C)c1ccc(COC2CCN(c3c(-c4ccncc4)nn(CCNC(=O)OC(C)(C)C)c3C(=O)O)CC2)cc1. The number of ether oxygens (including phenoxy) is 2. The summed E-state index contributed by atoms with van der Waals surface area (Å²) in [6, 6.07) is 12.2. The summed E-state index contributed by atoms with van der Waals surface area (Å²) in [5.74, 6) is -0.582. The van der Waals surface area contributed by atoms with Gasteiger partial charge in [0.1, 0.15) is 11.3 Å². The van der Waals surface area contributed by atoms with Crippen molar-refractivity contribution in [3.05, 3.63) is 65.6 Å². The van der Waals surface area contributed by atoms with Gasteiger partial charge in [-0.05, 0) is 62.8 Å². The zero-order chi connectivity index (χ0) is 29.6. The lowest BCUT2D eigenvalue weighted by atomic mass is 10.0. The molecule has 1 amide bonds. The van der Waals surface area contributed by atoms with Gasteiger partial charge in [0, 0.05) is 37.6 Å². The third-order valence-electron chi connectivity index (χ3n) is 6.97. The predicted molar refractivity (Wildman–Crippen MR) is 157 cm³/mol. The maximum absolute atomic E-state index is 12.6. The van der Waals surface area contributed by atoms with Crippen LogP contribution in [0.25, 0.3) is 11.3 Å². The number of anilines is 1. The summed E-state index contributed by atoms with van der Waals surface area (Å²) in [6.07, 6.45) is 4.39. The summed E-state index contributed by atoms with van der Waals surface area (Å²) in [7, 11) is 0. The number of hydrogen-bond acceptors (Lipinski definition) is 7. The Balaban J connectivity index is 1.47. The van der Waals surface area contributed by atoms with E-state index in [1.807, 2.05) is 12.1 Å². The zero-order valence-electron chi connectivity index (χ0n) is 24.6. The van der Waals surface area contributed by atoms with E-state index >= 15 is 0 Å². The number of carbonyl (C=O) groups excluding carboxylic acids is 1. The topological polar surface area (TPSA) is 119 Å². The Morgan fingerprint density at radius 3 is 2.32 bits per heavy atom. The second-order valence-electron chi connectivity index (χ2n) is 11.6. The highest BCUT2D eigenvalue weighted by Gasteiger charge is 2.31. The van der Waals surface area contributed by atoms with Crippen molar-refractivity contribution in [2.45, 2.75) is 78.2 Å². The van der Waals surface area contributed by atoms with Gasteiger partial charge in [0.05, 0.1) is 24.9 Å². The minimum Gasteiger partial charge on any atom is -0.476 e. The zero-order valence-corrected chi connectivity index (χ0v) is 24.6. The van der Waals surface area contributed by atoms with Crippen molar-refractivity contribution < 1.29 is 24.2 Å². The van der Waals surface area contributed by atoms with Gasteiger partial charge in [0.2, 0.25) is 0 Å². The van der Waals surface area contributed by atoms with E-state index in [2.05, 4.69) is 53.3 Å². The number of aromatic nitrogens is 3. The van der Waals surface area contributed by atoms with Gasteiger partial charge in [0.15, 0.2) is 5.69 Å². The van der Waals surface area contributed by atoms with Crippen LogP contribution in [0.3, 0.4) is 0 Å². The van der Waals surface area contributed by atoms with E-state index in [1.165, 1.54) is 10.2 Å². The first-order valence-electron chi connectivity index (χ1n) is 14.2. The van der Waals surface area contributed by atoms with Crippen molar-refractivity contribution in [3.63, 3.8) is 0 Å². The molecule has 0 spiro atoms. The van der Waals surface area contributed by atoms with Crippen LogP contribution in [0, 0.1) is 0 Å². The molecule has 0 radical (unpaired) electrons. The molecule has 0 aliphatic carbocycles. The third-order valence-corrected chi connectivity index (χ3v) is 6.97. The molecule has 0 saturated carbocycles. The van der Waals surface area contributed by atoms with E-state index < -0.39 is 17.7 Å². The number of hydrogen-bond donors (Lipinski definition) is 2. The van der Waals surface area contributed by atoms with Crippen molar-refractivity contribution in [1.29, 1.82) is 0 Å². The average molecular weight is 564 g/mol. The number of nitrogens with one attached hydrogen (secondary N) is 1. The number of carbonyl (C=O) groups is 2. The highest BCUT2D eigenvalue weighted by Crippen LogP contribution is 2.35.